The highest BCUT2D eigenvalue weighted by Crippen LogP contribution is 2.05. The van der Waals surface area contributed by atoms with Gasteiger partial charge in [-0.25, -0.2) is 0 Å². The van der Waals surface area contributed by atoms with E-state index in [4.69, 9.17) is 0 Å². The van der Waals surface area contributed by atoms with Crippen molar-refractivity contribution >= 4 is 6.41 Å². The number of likely N-dealkylation sites (N-methyl/N-ethyl adjacent to an activating group) is 1. The first-order valence-electron chi connectivity index (χ1n) is 4.21. The van der Waals surface area contributed by atoms with Crippen molar-refractivity contribution in [2.45, 2.75) is 19.9 Å². The lowest BCUT2D eigenvalue weighted by Crippen LogP contribution is -2.50. The van der Waals surface area contributed by atoms with Gasteiger partial charge in [-0.2, -0.15) is 0 Å². The van der Waals surface area contributed by atoms with Crippen molar-refractivity contribution < 1.29 is 4.79 Å². The lowest BCUT2D eigenvalue weighted by molar-refractivity contribution is -0.122. The first kappa shape index (κ1) is 8.53. The van der Waals surface area contributed by atoms with Gasteiger partial charge in [-0.05, 0) is 13.5 Å². The van der Waals surface area contributed by atoms with Gasteiger partial charge in [-0.15, -0.1) is 0 Å². The molecule has 0 N–H and O–H groups in total. The summed E-state index contributed by atoms with van der Waals surface area (Å²) in [6.07, 6.45) is 0.956. The van der Waals surface area contributed by atoms with Crippen LogP contribution in [-0.4, -0.2) is 48.4 Å². The van der Waals surface area contributed by atoms with Gasteiger partial charge in [0.05, 0.1) is 0 Å². The average molecular weight is 156 g/mol. The fourth-order valence-corrected chi connectivity index (χ4v) is 1.49. The molecule has 64 valence electrons. The van der Waals surface area contributed by atoms with Crippen LogP contribution in [0, 0.1) is 0 Å². The number of amides is 1. The minimum Gasteiger partial charge on any atom is -0.340 e. The largest absolute Gasteiger partial charge is 0.340 e. The van der Waals surface area contributed by atoms with E-state index in [1.54, 1.807) is 0 Å². The van der Waals surface area contributed by atoms with Crippen molar-refractivity contribution in [3.63, 3.8) is 0 Å². The summed E-state index contributed by atoms with van der Waals surface area (Å²) in [5.41, 5.74) is 0. The quantitative estimate of drug-likeness (QED) is 0.532. The molecule has 0 radical (unpaired) electrons. The zero-order chi connectivity index (χ0) is 8.27. The minimum absolute atomic E-state index is 0.390. The second kappa shape index (κ2) is 3.72. The molecule has 1 fully saturated rings. The van der Waals surface area contributed by atoms with Crippen molar-refractivity contribution in [1.29, 1.82) is 0 Å². The normalized spacial score (nSPS) is 27.1. The van der Waals surface area contributed by atoms with E-state index < -0.39 is 0 Å². The third kappa shape index (κ3) is 1.93. The number of piperazine rings is 1. The highest BCUT2D eigenvalue weighted by atomic mass is 16.1. The molecule has 1 aliphatic rings. The van der Waals surface area contributed by atoms with Gasteiger partial charge in [0.2, 0.25) is 6.41 Å². The standard InChI is InChI=1S/C8H16N2O/c1-3-9-4-5-10(7-11)8(2)6-9/h7-8H,3-6H2,1-2H3. The molecule has 0 spiro atoms. The van der Waals surface area contributed by atoms with Gasteiger partial charge in [0, 0.05) is 25.7 Å². The van der Waals surface area contributed by atoms with E-state index in [2.05, 4.69) is 18.7 Å². The van der Waals surface area contributed by atoms with Gasteiger partial charge in [-0.1, -0.05) is 6.92 Å². The van der Waals surface area contributed by atoms with Gasteiger partial charge in [0.1, 0.15) is 0 Å². The molecule has 0 aromatic rings. The molecule has 0 saturated carbocycles. The van der Waals surface area contributed by atoms with Crippen LogP contribution in [-0.2, 0) is 4.79 Å². The molecule has 1 heterocycles. The van der Waals surface area contributed by atoms with Crippen LogP contribution < -0.4 is 0 Å². The molecule has 3 nitrogen and oxygen atoms in total. The Labute approximate surface area is 68.0 Å². The fraction of sp³-hybridized carbons (Fsp3) is 0.875. The van der Waals surface area contributed by atoms with Crippen molar-refractivity contribution in [3.05, 3.63) is 0 Å². The highest BCUT2D eigenvalue weighted by molar-refractivity contribution is 5.47. The van der Waals surface area contributed by atoms with Crippen LogP contribution >= 0.6 is 0 Å². The number of rotatable bonds is 2. The summed E-state index contributed by atoms with van der Waals surface area (Å²) >= 11 is 0. The van der Waals surface area contributed by atoms with Gasteiger partial charge in [0.15, 0.2) is 0 Å². The van der Waals surface area contributed by atoms with E-state index in [9.17, 15) is 4.79 Å². The number of hydrogen-bond acceptors (Lipinski definition) is 2. The lowest BCUT2D eigenvalue weighted by Gasteiger charge is -2.37. The molecule has 1 atom stereocenters. The van der Waals surface area contributed by atoms with E-state index in [0.29, 0.717) is 6.04 Å². The summed E-state index contributed by atoms with van der Waals surface area (Å²) in [6, 6.07) is 0.390. The summed E-state index contributed by atoms with van der Waals surface area (Å²) in [5.74, 6) is 0. The molecular weight excluding hydrogens is 140 g/mol. The number of carbonyl (C=O) groups excluding carboxylic acids is 1. The third-order valence-electron chi connectivity index (χ3n) is 2.35. The molecule has 1 rings (SSSR count). The Morgan fingerprint density at radius 3 is 2.73 bits per heavy atom. The van der Waals surface area contributed by atoms with Gasteiger partial charge in [0.25, 0.3) is 0 Å². The Morgan fingerprint density at radius 2 is 2.27 bits per heavy atom. The monoisotopic (exact) mass is 156 g/mol. The fourth-order valence-electron chi connectivity index (χ4n) is 1.49. The SMILES string of the molecule is CCN1CCN(C=O)C(C)C1. The highest BCUT2D eigenvalue weighted by Gasteiger charge is 2.20. The number of carbonyl (C=O) groups is 1. The molecule has 1 saturated heterocycles. The average Bonchev–Trinajstić information content (AvgIpc) is 2.04. The second-order valence-corrected chi connectivity index (χ2v) is 3.09. The number of nitrogens with zero attached hydrogens (tertiary/aromatic N) is 2. The third-order valence-corrected chi connectivity index (χ3v) is 2.35. The molecule has 0 aromatic heterocycles. The van der Waals surface area contributed by atoms with Gasteiger partial charge < -0.3 is 4.90 Å². The van der Waals surface area contributed by atoms with E-state index in [1.165, 1.54) is 0 Å². The molecule has 1 amide bonds. The Balaban J connectivity index is 2.40. The minimum atomic E-state index is 0.390. The topological polar surface area (TPSA) is 23.6 Å². The van der Waals surface area contributed by atoms with Crippen LogP contribution in [0.3, 0.4) is 0 Å². The molecular formula is C8H16N2O. The van der Waals surface area contributed by atoms with Gasteiger partial charge in [-0.3, -0.25) is 9.69 Å². The Morgan fingerprint density at radius 1 is 1.55 bits per heavy atom. The molecule has 0 aliphatic carbocycles. The maximum absolute atomic E-state index is 10.5. The molecule has 1 aliphatic heterocycles. The van der Waals surface area contributed by atoms with Gasteiger partial charge >= 0.3 is 0 Å². The summed E-state index contributed by atoms with van der Waals surface area (Å²) < 4.78 is 0. The summed E-state index contributed by atoms with van der Waals surface area (Å²) in [4.78, 5) is 14.7. The van der Waals surface area contributed by atoms with Crippen molar-refractivity contribution in [2.24, 2.45) is 0 Å². The van der Waals surface area contributed by atoms with Crippen LogP contribution in [0.5, 0.6) is 0 Å². The Kier molecular flexibility index (Phi) is 2.88. The summed E-state index contributed by atoms with van der Waals surface area (Å²) in [7, 11) is 0. The maximum atomic E-state index is 10.5. The predicted molar refractivity (Wildman–Crippen MR) is 44.3 cm³/mol. The molecule has 1 unspecified atom stereocenters. The first-order valence-corrected chi connectivity index (χ1v) is 4.21. The lowest BCUT2D eigenvalue weighted by atomic mass is 10.2. The van der Waals surface area contributed by atoms with E-state index >= 15 is 0 Å². The number of hydrogen-bond donors (Lipinski definition) is 0. The van der Waals surface area contributed by atoms with E-state index in [1.807, 2.05) is 4.90 Å². The predicted octanol–water partition coefficient (Wildman–Crippen LogP) is 0.169. The van der Waals surface area contributed by atoms with Crippen molar-refractivity contribution in [2.75, 3.05) is 26.2 Å². The van der Waals surface area contributed by atoms with Crippen LogP contribution in [0.25, 0.3) is 0 Å². The van der Waals surface area contributed by atoms with Crippen LogP contribution in [0.4, 0.5) is 0 Å². The molecule has 0 aromatic carbocycles. The van der Waals surface area contributed by atoms with Crippen LogP contribution in [0.2, 0.25) is 0 Å². The molecule has 0 bridgehead atoms. The Bertz CT molecular complexity index is 138. The van der Waals surface area contributed by atoms with E-state index in [0.717, 1.165) is 32.6 Å². The summed E-state index contributed by atoms with van der Waals surface area (Å²) in [5, 5.41) is 0. The van der Waals surface area contributed by atoms with E-state index in [-0.39, 0.29) is 0 Å². The first-order chi connectivity index (χ1) is 5.27. The summed E-state index contributed by atoms with van der Waals surface area (Å²) in [6.45, 7) is 8.28. The van der Waals surface area contributed by atoms with Crippen molar-refractivity contribution in [1.82, 2.24) is 9.80 Å². The molecule has 11 heavy (non-hydrogen) atoms. The smallest absolute Gasteiger partial charge is 0.210 e. The van der Waals surface area contributed by atoms with Crippen LogP contribution in [0.1, 0.15) is 13.8 Å². The zero-order valence-electron chi connectivity index (χ0n) is 7.29. The zero-order valence-corrected chi connectivity index (χ0v) is 7.29. The maximum Gasteiger partial charge on any atom is 0.210 e. The van der Waals surface area contributed by atoms with Crippen molar-refractivity contribution in [3.8, 4) is 0 Å². The molecule has 3 heteroatoms. The Hall–Kier alpha value is -0.570. The second-order valence-electron chi connectivity index (χ2n) is 3.09. The van der Waals surface area contributed by atoms with Crippen LogP contribution in [0.15, 0.2) is 0 Å².